The van der Waals surface area contributed by atoms with Crippen molar-refractivity contribution in [2.24, 2.45) is 11.8 Å². The number of nitrogens with zero attached hydrogens (tertiary/aromatic N) is 1. The number of rotatable bonds is 3. The highest BCUT2D eigenvalue weighted by Gasteiger charge is 2.36. The predicted octanol–water partition coefficient (Wildman–Crippen LogP) is 3.36. The van der Waals surface area contributed by atoms with Crippen LogP contribution in [0.15, 0.2) is 18.2 Å². The number of ether oxygens (including phenoxy) is 1. The molecule has 2 aliphatic heterocycles. The first-order valence-electron chi connectivity index (χ1n) is 15.1. The molecule has 0 spiro atoms. The SMILES string of the molecule is CC(C)C[C@H]1NC(=O)[C@@H](C)N(C)C(=O)C(C2CCCCC2)NC[C@H]2CCc3cccc(c3O2)CCCNC1=O. The summed E-state index contributed by atoms with van der Waals surface area (Å²) in [4.78, 5) is 41.9. The third kappa shape index (κ3) is 7.53. The second-order valence-electron chi connectivity index (χ2n) is 12.2. The summed E-state index contributed by atoms with van der Waals surface area (Å²) in [6.07, 6.45) is 9.42. The number of amides is 3. The topological polar surface area (TPSA) is 99.8 Å². The maximum Gasteiger partial charge on any atom is 0.243 e. The van der Waals surface area contributed by atoms with Crippen LogP contribution in [0.2, 0.25) is 0 Å². The number of benzene rings is 1. The fraction of sp³-hybridized carbons (Fsp3) is 0.710. The quantitative estimate of drug-likeness (QED) is 0.546. The van der Waals surface area contributed by atoms with Gasteiger partial charge in [0, 0.05) is 20.1 Å². The van der Waals surface area contributed by atoms with Gasteiger partial charge in [0.15, 0.2) is 0 Å². The lowest BCUT2D eigenvalue weighted by Gasteiger charge is -2.36. The highest BCUT2D eigenvalue weighted by Crippen LogP contribution is 2.33. The van der Waals surface area contributed by atoms with Crippen LogP contribution in [0.5, 0.6) is 5.75 Å². The number of para-hydroxylation sites is 1. The molecular formula is C31H48N4O4. The minimum absolute atomic E-state index is 0.0149. The fourth-order valence-electron chi connectivity index (χ4n) is 6.25. The molecule has 8 nitrogen and oxygen atoms in total. The van der Waals surface area contributed by atoms with Crippen molar-refractivity contribution in [2.45, 2.75) is 109 Å². The number of hydrogen-bond donors (Lipinski definition) is 3. The number of carbonyl (C=O) groups is 3. The molecule has 0 aromatic heterocycles. The van der Waals surface area contributed by atoms with Crippen LogP contribution in [0.25, 0.3) is 0 Å². The molecule has 1 aromatic rings. The average molecular weight is 541 g/mol. The summed E-state index contributed by atoms with van der Waals surface area (Å²) >= 11 is 0. The summed E-state index contributed by atoms with van der Waals surface area (Å²) < 4.78 is 6.54. The number of nitrogens with one attached hydrogen (secondary N) is 3. The Balaban J connectivity index is 1.60. The van der Waals surface area contributed by atoms with E-state index in [0.29, 0.717) is 19.5 Å². The molecule has 3 N–H and O–H groups in total. The Kier molecular flexibility index (Phi) is 10.3. The lowest BCUT2D eigenvalue weighted by molar-refractivity contribution is -0.142. The fourth-order valence-corrected chi connectivity index (χ4v) is 6.25. The van der Waals surface area contributed by atoms with E-state index < -0.39 is 12.1 Å². The molecule has 2 bridgehead atoms. The van der Waals surface area contributed by atoms with E-state index in [0.717, 1.165) is 62.7 Å². The Morgan fingerprint density at radius 3 is 2.41 bits per heavy atom. The molecule has 1 aliphatic carbocycles. The lowest BCUT2D eigenvalue weighted by atomic mass is 9.83. The van der Waals surface area contributed by atoms with Crippen molar-refractivity contribution in [3.63, 3.8) is 0 Å². The highest BCUT2D eigenvalue weighted by molar-refractivity contribution is 5.92. The zero-order valence-electron chi connectivity index (χ0n) is 24.3. The van der Waals surface area contributed by atoms with E-state index in [2.05, 4.69) is 34.1 Å². The Hall–Kier alpha value is -2.61. The van der Waals surface area contributed by atoms with Gasteiger partial charge in [-0.2, -0.15) is 0 Å². The van der Waals surface area contributed by atoms with Gasteiger partial charge in [0.05, 0.1) is 6.04 Å². The second kappa shape index (κ2) is 13.6. The number of carbonyl (C=O) groups excluding carboxylic acids is 3. The third-order valence-electron chi connectivity index (χ3n) is 8.72. The van der Waals surface area contributed by atoms with Crippen LogP contribution >= 0.6 is 0 Å². The molecule has 2 heterocycles. The van der Waals surface area contributed by atoms with Gasteiger partial charge < -0.3 is 25.6 Å². The van der Waals surface area contributed by atoms with Crippen molar-refractivity contribution in [3.05, 3.63) is 29.3 Å². The van der Waals surface area contributed by atoms with Gasteiger partial charge >= 0.3 is 0 Å². The average Bonchev–Trinajstić information content (AvgIpc) is 2.93. The van der Waals surface area contributed by atoms with Crippen LogP contribution in [0, 0.1) is 11.8 Å². The molecule has 1 aromatic carbocycles. The molecule has 1 fully saturated rings. The lowest BCUT2D eigenvalue weighted by Crippen LogP contribution is -2.58. The van der Waals surface area contributed by atoms with Crippen molar-refractivity contribution in [1.29, 1.82) is 0 Å². The van der Waals surface area contributed by atoms with Gasteiger partial charge in [-0.25, -0.2) is 0 Å². The smallest absolute Gasteiger partial charge is 0.243 e. The number of aryl methyl sites for hydroxylation is 2. The zero-order chi connectivity index (χ0) is 27.9. The molecule has 39 heavy (non-hydrogen) atoms. The minimum atomic E-state index is -0.688. The minimum Gasteiger partial charge on any atom is -0.489 e. The Morgan fingerprint density at radius 1 is 0.974 bits per heavy atom. The summed E-state index contributed by atoms with van der Waals surface area (Å²) in [6, 6.07) is 4.65. The molecule has 4 atom stereocenters. The van der Waals surface area contributed by atoms with E-state index in [-0.39, 0.29) is 41.7 Å². The maximum atomic E-state index is 13.9. The summed E-state index contributed by atoms with van der Waals surface area (Å²) in [5.41, 5.74) is 2.39. The van der Waals surface area contributed by atoms with Gasteiger partial charge in [-0.3, -0.25) is 14.4 Å². The van der Waals surface area contributed by atoms with Crippen molar-refractivity contribution in [1.82, 2.24) is 20.9 Å². The van der Waals surface area contributed by atoms with Gasteiger partial charge in [0.25, 0.3) is 0 Å². The predicted molar refractivity (Wildman–Crippen MR) is 152 cm³/mol. The Bertz CT molecular complexity index is 1010. The van der Waals surface area contributed by atoms with Crippen molar-refractivity contribution < 1.29 is 19.1 Å². The van der Waals surface area contributed by atoms with E-state index in [4.69, 9.17) is 4.74 Å². The van der Waals surface area contributed by atoms with Crippen LogP contribution in [0.3, 0.4) is 0 Å². The van der Waals surface area contributed by atoms with Gasteiger partial charge in [0.1, 0.15) is 23.9 Å². The van der Waals surface area contributed by atoms with Crippen LogP contribution in [0.4, 0.5) is 0 Å². The summed E-state index contributed by atoms with van der Waals surface area (Å²) in [6.45, 7) is 6.94. The molecule has 1 unspecified atom stereocenters. The number of hydrogen-bond acceptors (Lipinski definition) is 5. The monoisotopic (exact) mass is 540 g/mol. The first kappa shape index (κ1) is 29.4. The van der Waals surface area contributed by atoms with E-state index in [1.165, 1.54) is 12.0 Å². The second-order valence-corrected chi connectivity index (χ2v) is 12.2. The number of likely N-dealkylation sites (N-methyl/N-ethyl adjacent to an activating group) is 1. The highest BCUT2D eigenvalue weighted by atomic mass is 16.5. The van der Waals surface area contributed by atoms with E-state index in [1.807, 2.05) is 13.8 Å². The normalized spacial score (nSPS) is 28.2. The van der Waals surface area contributed by atoms with Crippen LogP contribution in [-0.2, 0) is 27.2 Å². The van der Waals surface area contributed by atoms with Crippen LogP contribution in [-0.4, -0.2) is 67.0 Å². The Labute approximate surface area is 234 Å². The van der Waals surface area contributed by atoms with Gasteiger partial charge in [-0.15, -0.1) is 0 Å². The van der Waals surface area contributed by atoms with Gasteiger partial charge in [-0.1, -0.05) is 51.3 Å². The molecular weight excluding hydrogens is 492 g/mol. The molecule has 1 saturated carbocycles. The molecule has 4 rings (SSSR count). The first-order valence-corrected chi connectivity index (χ1v) is 15.1. The van der Waals surface area contributed by atoms with Crippen molar-refractivity contribution >= 4 is 17.7 Å². The number of fused-ring (bicyclic) bond motifs is 1. The molecule has 0 radical (unpaired) electrons. The summed E-state index contributed by atoms with van der Waals surface area (Å²) in [5.74, 6) is 0.904. The maximum absolute atomic E-state index is 13.9. The van der Waals surface area contributed by atoms with Crippen molar-refractivity contribution in [3.8, 4) is 5.75 Å². The van der Waals surface area contributed by atoms with Gasteiger partial charge in [0.2, 0.25) is 17.7 Å². The summed E-state index contributed by atoms with van der Waals surface area (Å²) in [7, 11) is 1.71. The molecule has 3 aliphatic rings. The molecule has 8 heteroatoms. The largest absolute Gasteiger partial charge is 0.489 e. The van der Waals surface area contributed by atoms with Crippen LogP contribution in [0.1, 0.15) is 83.3 Å². The molecule has 3 amide bonds. The molecule has 0 saturated heterocycles. The molecule has 216 valence electrons. The van der Waals surface area contributed by atoms with Crippen LogP contribution < -0.4 is 20.7 Å². The third-order valence-corrected chi connectivity index (χ3v) is 8.72. The summed E-state index contributed by atoms with van der Waals surface area (Å²) in [5, 5.41) is 9.58. The zero-order valence-corrected chi connectivity index (χ0v) is 24.3. The standard InChI is InChI=1S/C31H48N4O4/c1-20(2)18-26-30(37)32-17-9-14-23-12-8-13-24-15-16-25(39-28(23)24)19-33-27(22-10-6-5-7-11-22)31(38)35(4)21(3)29(36)34-26/h8,12-13,20-22,25-27,33H,5-7,9-11,14-19H2,1-4H3,(H,32,37)(H,34,36)/t21-,25-,26-,27?/m1/s1. The van der Waals surface area contributed by atoms with Gasteiger partial charge in [-0.05, 0) is 74.8 Å². The first-order chi connectivity index (χ1) is 18.7. The van der Waals surface area contributed by atoms with E-state index >= 15 is 0 Å². The van der Waals surface area contributed by atoms with E-state index in [1.54, 1.807) is 18.9 Å². The van der Waals surface area contributed by atoms with Crippen molar-refractivity contribution in [2.75, 3.05) is 20.1 Å². The van der Waals surface area contributed by atoms with E-state index in [9.17, 15) is 14.4 Å². The Morgan fingerprint density at radius 2 is 1.69 bits per heavy atom.